The molecule has 3 N–H and O–H groups in total. The van der Waals surface area contributed by atoms with E-state index in [-0.39, 0.29) is 31.3 Å². The second-order valence-corrected chi connectivity index (χ2v) is 8.40. The Kier molecular flexibility index (Phi) is 6.12. The summed E-state index contributed by atoms with van der Waals surface area (Å²) < 4.78 is 65.9. The maximum Gasteiger partial charge on any atom is 0.421 e. The van der Waals surface area contributed by atoms with E-state index in [1.54, 1.807) is 30.1 Å². The van der Waals surface area contributed by atoms with Gasteiger partial charge in [-0.1, -0.05) is 0 Å². The summed E-state index contributed by atoms with van der Waals surface area (Å²) in [6.07, 6.45) is -0.954. The molecule has 0 aliphatic heterocycles. The Hall–Kier alpha value is -2.93. The minimum absolute atomic E-state index is 0.0127. The molecule has 1 aromatic carbocycles. The van der Waals surface area contributed by atoms with Gasteiger partial charge in [0, 0.05) is 37.4 Å². The van der Waals surface area contributed by atoms with Gasteiger partial charge >= 0.3 is 6.18 Å². The fourth-order valence-electron chi connectivity index (χ4n) is 2.69. The number of nitrogens with zero attached hydrogens (tertiary/aromatic N) is 4. The van der Waals surface area contributed by atoms with E-state index in [0.717, 1.165) is 17.2 Å². The summed E-state index contributed by atoms with van der Waals surface area (Å²) >= 11 is 0. The Bertz CT molecular complexity index is 1150. The largest absolute Gasteiger partial charge is 0.421 e. The summed E-state index contributed by atoms with van der Waals surface area (Å²) in [5.41, 5.74) is 0.420. The van der Waals surface area contributed by atoms with Crippen LogP contribution in [0.5, 0.6) is 0 Å². The molecule has 0 atom stereocenters. The molecular weight excluding hydrogens is 423 g/mol. The smallest absolute Gasteiger partial charge is 0.369 e. The lowest BCUT2D eigenvalue weighted by Crippen LogP contribution is -2.25. The summed E-state index contributed by atoms with van der Waals surface area (Å²) in [7, 11) is -1.58. The molecule has 9 nitrogen and oxygen atoms in total. The van der Waals surface area contributed by atoms with Crippen molar-refractivity contribution in [3.05, 3.63) is 36.2 Å². The molecule has 3 rings (SSSR count). The highest BCUT2D eigenvalue weighted by Gasteiger charge is 2.35. The average Bonchev–Trinajstić information content (AvgIpc) is 3.00. The number of aryl methyl sites for hydroxylation is 1. The van der Waals surface area contributed by atoms with Crippen LogP contribution in [0.1, 0.15) is 12.0 Å². The third-order valence-electron chi connectivity index (χ3n) is 4.11. The Labute approximate surface area is 170 Å². The molecule has 0 amide bonds. The molecule has 2 aromatic heterocycles. The number of aromatic nitrogens is 4. The van der Waals surface area contributed by atoms with Crippen LogP contribution >= 0.6 is 0 Å². The molecule has 0 radical (unpaired) electrons. The maximum atomic E-state index is 13.3. The monoisotopic (exact) mass is 443 g/mol. The lowest BCUT2D eigenvalue weighted by atomic mass is 10.2. The highest BCUT2D eigenvalue weighted by molar-refractivity contribution is 7.88. The van der Waals surface area contributed by atoms with E-state index in [9.17, 15) is 21.6 Å². The van der Waals surface area contributed by atoms with E-state index in [4.69, 9.17) is 0 Å². The van der Waals surface area contributed by atoms with E-state index in [1.807, 2.05) is 6.07 Å². The van der Waals surface area contributed by atoms with Gasteiger partial charge in [0.25, 0.3) is 0 Å². The maximum absolute atomic E-state index is 13.3. The van der Waals surface area contributed by atoms with Crippen molar-refractivity contribution in [3.8, 4) is 0 Å². The highest BCUT2D eigenvalue weighted by atomic mass is 32.2. The molecule has 0 saturated carbocycles. The van der Waals surface area contributed by atoms with Crippen molar-refractivity contribution >= 4 is 38.4 Å². The molecule has 0 bridgehead atoms. The van der Waals surface area contributed by atoms with Crippen LogP contribution in [0.25, 0.3) is 10.9 Å². The third kappa shape index (κ3) is 5.57. The zero-order chi connectivity index (χ0) is 21.9. The molecule has 3 aromatic rings. The molecule has 0 aliphatic carbocycles. The van der Waals surface area contributed by atoms with E-state index in [2.05, 4.69) is 30.4 Å². The van der Waals surface area contributed by atoms with Crippen molar-refractivity contribution in [2.45, 2.75) is 12.6 Å². The standard InChI is InChI=1S/C17H20F3N7O2S/c1-27-14-8-12(5-4-11(14)9-23-27)25-16-22-10-13(17(18,19)20)15(26-16)21-6-3-7-24-30(2,28)29/h4-5,8-10,24H,3,6-7H2,1-2H3,(H2,21,22,25,26). The quantitative estimate of drug-likeness (QED) is 0.458. The third-order valence-corrected chi connectivity index (χ3v) is 4.84. The summed E-state index contributed by atoms with van der Waals surface area (Å²) in [6, 6.07) is 5.35. The van der Waals surface area contributed by atoms with Gasteiger partial charge in [0.15, 0.2) is 0 Å². The average molecular weight is 443 g/mol. The van der Waals surface area contributed by atoms with Crippen molar-refractivity contribution in [1.82, 2.24) is 24.5 Å². The lowest BCUT2D eigenvalue weighted by molar-refractivity contribution is -0.137. The van der Waals surface area contributed by atoms with Gasteiger partial charge in [-0.2, -0.15) is 23.3 Å². The minimum atomic E-state index is -4.64. The first-order valence-electron chi connectivity index (χ1n) is 8.84. The Morgan fingerprint density at radius 3 is 2.63 bits per heavy atom. The van der Waals surface area contributed by atoms with E-state index < -0.39 is 21.8 Å². The molecule has 0 spiro atoms. The van der Waals surface area contributed by atoms with E-state index in [0.29, 0.717) is 11.9 Å². The van der Waals surface area contributed by atoms with Crippen molar-refractivity contribution < 1.29 is 21.6 Å². The first-order chi connectivity index (χ1) is 14.0. The second-order valence-electron chi connectivity index (χ2n) is 6.57. The van der Waals surface area contributed by atoms with Crippen LogP contribution in [-0.2, 0) is 23.2 Å². The van der Waals surface area contributed by atoms with Crippen molar-refractivity contribution in [2.75, 3.05) is 30.0 Å². The Balaban J connectivity index is 1.76. The van der Waals surface area contributed by atoms with Gasteiger partial charge in [0.1, 0.15) is 11.4 Å². The number of halogens is 3. The van der Waals surface area contributed by atoms with Crippen LogP contribution < -0.4 is 15.4 Å². The van der Waals surface area contributed by atoms with Gasteiger partial charge in [0.05, 0.1) is 18.0 Å². The molecule has 162 valence electrons. The first-order valence-corrected chi connectivity index (χ1v) is 10.7. The normalized spacial score (nSPS) is 12.3. The number of sulfonamides is 1. The number of hydrogen-bond acceptors (Lipinski definition) is 7. The van der Waals surface area contributed by atoms with Gasteiger partial charge in [-0.15, -0.1) is 0 Å². The number of fused-ring (bicyclic) bond motifs is 1. The number of hydrogen-bond donors (Lipinski definition) is 3. The molecule has 13 heteroatoms. The SMILES string of the molecule is Cn1ncc2ccc(Nc3ncc(C(F)(F)F)c(NCCCNS(C)(=O)=O)n3)cc21. The van der Waals surface area contributed by atoms with Crippen molar-refractivity contribution in [3.63, 3.8) is 0 Å². The van der Waals surface area contributed by atoms with Crippen molar-refractivity contribution in [1.29, 1.82) is 0 Å². The van der Waals surface area contributed by atoms with Crippen LogP contribution in [0.3, 0.4) is 0 Å². The van der Waals surface area contributed by atoms with Crippen LogP contribution in [-0.4, -0.2) is 47.5 Å². The van der Waals surface area contributed by atoms with Crippen LogP contribution in [0.2, 0.25) is 0 Å². The number of alkyl halides is 3. The summed E-state index contributed by atoms with van der Waals surface area (Å²) in [5, 5.41) is 10.6. The minimum Gasteiger partial charge on any atom is -0.369 e. The van der Waals surface area contributed by atoms with Crippen molar-refractivity contribution in [2.24, 2.45) is 7.05 Å². The number of nitrogens with one attached hydrogen (secondary N) is 3. The summed E-state index contributed by atoms with van der Waals surface area (Å²) in [6.45, 7) is 0.178. The molecular formula is C17H20F3N7O2S. The molecule has 30 heavy (non-hydrogen) atoms. The fraction of sp³-hybridized carbons (Fsp3) is 0.353. The molecule has 0 saturated heterocycles. The van der Waals surface area contributed by atoms with E-state index >= 15 is 0 Å². The number of benzene rings is 1. The Morgan fingerprint density at radius 2 is 1.93 bits per heavy atom. The number of rotatable bonds is 8. The van der Waals surface area contributed by atoms with Gasteiger partial charge in [0.2, 0.25) is 16.0 Å². The zero-order valence-electron chi connectivity index (χ0n) is 16.2. The lowest BCUT2D eigenvalue weighted by Gasteiger charge is -2.15. The first kappa shape index (κ1) is 21.8. The molecule has 0 aliphatic rings. The fourth-order valence-corrected chi connectivity index (χ4v) is 3.20. The van der Waals surface area contributed by atoms with Crippen LogP contribution in [0.4, 0.5) is 30.6 Å². The topological polar surface area (TPSA) is 114 Å². The zero-order valence-corrected chi connectivity index (χ0v) is 17.0. The summed E-state index contributed by atoms with van der Waals surface area (Å²) in [4.78, 5) is 7.73. The van der Waals surface area contributed by atoms with Gasteiger partial charge in [-0.3, -0.25) is 4.68 Å². The molecule has 2 heterocycles. The van der Waals surface area contributed by atoms with Gasteiger partial charge in [-0.05, 0) is 24.6 Å². The van der Waals surface area contributed by atoms with Gasteiger partial charge in [-0.25, -0.2) is 18.1 Å². The highest BCUT2D eigenvalue weighted by Crippen LogP contribution is 2.34. The number of anilines is 3. The predicted molar refractivity (Wildman–Crippen MR) is 107 cm³/mol. The summed E-state index contributed by atoms with van der Waals surface area (Å²) in [5.74, 6) is -0.401. The van der Waals surface area contributed by atoms with E-state index in [1.165, 1.54) is 0 Å². The van der Waals surface area contributed by atoms with Gasteiger partial charge < -0.3 is 10.6 Å². The predicted octanol–water partition coefficient (Wildman–Crippen LogP) is 2.48. The molecule has 0 unspecified atom stereocenters. The molecule has 0 fully saturated rings. The Morgan fingerprint density at radius 1 is 1.17 bits per heavy atom. The van der Waals surface area contributed by atoms with Crippen LogP contribution in [0, 0.1) is 0 Å². The van der Waals surface area contributed by atoms with Crippen LogP contribution in [0.15, 0.2) is 30.6 Å². The second kappa shape index (κ2) is 8.44.